The van der Waals surface area contributed by atoms with Crippen molar-refractivity contribution in [3.8, 4) is 5.75 Å². The molecule has 1 aliphatic heterocycles. The molecule has 11 nitrogen and oxygen atoms in total. The molecule has 39 heavy (non-hydrogen) atoms. The van der Waals surface area contributed by atoms with Crippen molar-refractivity contribution in [3.63, 3.8) is 0 Å². The molecular formula is C26H27BrFN7O4. The maximum Gasteiger partial charge on any atom is 0.317 e. The number of nitrogens with one attached hydrogen (secondary N) is 3. The molecule has 1 fully saturated rings. The number of ether oxygens (including phenoxy) is 1. The maximum absolute atomic E-state index is 14.4. The van der Waals surface area contributed by atoms with Gasteiger partial charge in [0.2, 0.25) is 11.8 Å². The molecule has 0 atom stereocenters. The molecule has 0 saturated carbocycles. The Morgan fingerprint density at radius 3 is 2.54 bits per heavy atom. The van der Waals surface area contributed by atoms with Crippen LogP contribution in [0.1, 0.15) is 6.92 Å². The minimum Gasteiger partial charge on any atom is -0.489 e. The Morgan fingerprint density at radius 1 is 1.10 bits per heavy atom. The number of hydrogen-bond donors (Lipinski definition) is 3. The van der Waals surface area contributed by atoms with E-state index in [9.17, 15) is 18.8 Å². The third kappa shape index (κ3) is 6.99. The van der Waals surface area contributed by atoms with Gasteiger partial charge in [0.05, 0.1) is 23.4 Å². The molecule has 0 aliphatic carbocycles. The summed E-state index contributed by atoms with van der Waals surface area (Å²) in [6.07, 6.45) is 2.46. The average molecular weight is 600 g/mol. The average Bonchev–Trinajstić information content (AvgIpc) is 2.92. The minimum absolute atomic E-state index is 0.00755. The predicted octanol–water partition coefficient (Wildman–Crippen LogP) is 3.65. The van der Waals surface area contributed by atoms with Gasteiger partial charge in [0.1, 0.15) is 30.3 Å². The zero-order chi connectivity index (χ0) is 27.9. The molecule has 0 unspecified atom stereocenters. The van der Waals surface area contributed by atoms with Crippen LogP contribution in [0.4, 0.5) is 26.4 Å². The third-order valence-corrected chi connectivity index (χ3v) is 6.51. The van der Waals surface area contributed by atoms with E-state index in [4.69, 9.17) is 4.74 Å². The molecule has 3 N–H and O–H groups in total. The number of urea groups is 1. The van der Waals surface area contributed by atoms with E-state index in [0.29, 0.717) is 58.8 Å². The molecule has 0 radical (unpaired) electrons. The van der Waals surface area contributed by atoms with Crippen LogP contribution in [0.5, 0.6) is 5.75 Å². The van der Waals surface area contributed by atoms with Gasteiger partial charge in [0, 0.05) is 49.0 Å². The predicted molar refractivity (Wildman–Crippen MR) is 148 cm³/mol. The first-order valence-electron chi connectivity index (χ1n) is 12.1. The fourth-order valence-corrected chi connectivity index (χ4v) is 4.29. The first-order valence-corrected chi connectivity index (χ1v) is 12.9. The van der Waals surface area contributed by atoms with Crippen LogP contribution in [-0.4, -0.2) is 76.9 Å². The van der Waals surface area contributed by atoms with Crippen LogP contribution in [-0.2, 0) is 9.59 Å². The summed E-state index contributed by atoms with van der Waals surface area (Å²) in [7, 11) is 0. The van der Waals surface area contributed by atoms with Crippen molar-refractivity contribution in [1.82, 2.24) is 25.1 Å². The standard InChI is InChI=1S/C26H27BrFN7O4/c1-3-24(37)32-22-13-18-21(30-15-31-25(18)33-20-5-4-17(27)12-19(20)28)14-23(22)39-11-6-29-26(38)35-9-7-34(8-10-35)16(2)36/h3-5,12-15H,1,6-11H2,2H3,(H,29,38)(H,32,37)(H,30,31,33). The number of rotatable bonds is 8. The van der Waals surface area contributed by atoms with Crippen molar-refractivity contribution in [2.75, 3.05) is 50.0 Å². The summed E-state index contributed by atoms with van der Waals surface area (Å²) >= 11 is 3.24. The van der Waals surface area contributed by atoms with Gasteiger partial charge in [-0.25, -0.2) is 19.2 Å². The summed E-state index contributed by atoms with van der Waals surface area (Å²) in [5, 5.41) is 8.99. The lowest BCUT2D eigenvalue weighted by atomic mass is 10.1. The SMILES string of the molecule is C=CC(=O)Nc1cc2c(Nc3ccc(Br)cc3F)ncnc2cc1OCCNC(=O)N1CCN(C(C)=O)CC1. The lowest BCUT2D eigenvalue weighted by Gasteiger charge is -2.34. The smallest absolute Gasteiger partial charge is 0.317 e. The van der Waals surface area contributed by atoms with Gasteiger partial charge in [0.15, 0.2) is 0 Å². The molecule has 4 rings (SSSR count). The van der Waals surface area contributed by atoms with Gasteiger partial charge >= 0.3 is 6.03 Å². The van der Waals surface area contributed by atoms with Crippen LogP contribution >= 0.6 is 15.9 Å². The molecule has 2 aromatic carbocycles. The first kappa shape index (κ1) is 27.8. The van der Waals surface area contributed by atoms with Crippen molar-refractivity contribution in [1.29, 1.82) is 0 Å². The van der Waals surface area contributed by atoms with Gasteiger partial charge in [-0.1, -0.05) is 22.5 Å². The molecule has 0 spiro atoms. The largest absolute Gasteiger partial charge is 0.489 e. The number of anilines is 3. The number of benzene rings is 2. The number of carbonyl (C=O) groups is 3. The monoisotopic (exact) mass is 599 g/mol. The summed E-state index contributed by atoms with van der Waals surface area (Å²) < 4.78 is 20.9. The number of halogens is 2. The van der Waals surface area contributed by atoms with E-state index in [1.165, 1.54) is 19.3 Å². The second kappa shape index (κ2) is 12.5. The van der Waals surface area contributed by atoms with Gasteiger partial charge in [0.25, 0.3) is 0 Å². The zero-order valence-electron chi connectivity index (χ0n) is 21.2. The number of piperazine rings is 1. The van der Waals surface area contributed by atoms with E-state index in [-0.39, 0.29) is 30.8 Å². The summed E-state index contributed by atoms with van der Waals surface area (Å²) in [4.78, 5) is 47.9. The van der Waals surface area contributed by atoms with Gasteiger partial charge < -0.3 is 30.5 Å². The fraction of sp³-hybridized carbons (Fsp3) is 0.269. The van der Waals surface area contributed by atoms with Crippen LogP contribution < -0.4 is 20.7 Å². The van der Waals surface area contributed by atoms with E-state index in [1.54, 1.807) is 34.1 Å². The Morgan fingerprint density at radius 2 is 1.85 bits per heavy atom. The fourth-order valence-electron chi connectivity index (χ4n) is 3.96. The Labute approximate surface area is 232 Å². The van der Waals surface area contributed by atoms with Crippen LogP contribution in [0.15, 0.2) is 53.8 Å². The number of fused-ring (bicyclic) bond motifs is 1. The lowest BCUT2D eigenvalue weighted by Crippen LogP contribution is -2.53. The van der Waals surface area contributed by atoms with E-state index < -0.39 is 11.7 Å². The van der Waals surface area contributed by atoms with E-state index >= 15 is 0 Å². The molecule has 1 aliphatic rings. The molecule has 1 saturated heterocycles. The minimum atomic E-state index is -0.473. The Kier molecular flexibility index (Phi) is 8.92. The summed E-state index contributed by atoms with van der Waals surface area (Å²) in [6, 6.07) is 7.60. The van der Waals surface area contributed by atoms with Gasteiger partial charge in [-0.3, -0.25) is 9.59 Å². The number of carbonyl (C=O) groups excluding carboxylic acids is 3. The number of nitrogens with zero attached hydrogens (tertiary/aromatic N) is 4. The highest BCUT2D eigenvalue weighted by molar-refractivity contribution is 9.10. The van der Waals surface area contributed by atoms with Crippen molar-refractivity contribution < 1.29 is 23.5 Å². The Balaban J connectivity index is 1.46. The van der Waals surface area contributed by atoms with Crippen LogP contribution in [0.25, 0.3) is 10.9 Å². The van der Waals surface area contributed by atoms with Crippen LogP contribution in [0, 0.1) is 5.82 Å². The van der Waals surface area contributed by atoms with E-state index in [1.807, 2.05) is 0 Å². The zero-order valence-corrected chi connectivity index (χ0v) is 22.8. The quantitative estimate of drug-likeness (QED) is 0.266. The Hall–Kier alpha value is -4.26. The normalized spacial score (nSPS) is 13.1. The van der Waals surface area contributed by atoms with Gasteiger partial charge in [-0.05, 0) is 30.3 Å². The lowest BCUT2D eigenvalue weighted by molar-refractivity contribution is -0.130. The number of amides is 4. The molecule has 3 aromatic rings. The highest BCUT2D eigenvalue weighted by atomic mass is 79.9. The summed E-state index contributed by atoms with van der Waals surface area (Å²) in [5.41, 5.74) is 1.03. The number of aromatic nitrogens is 2. The van der Waals surface area contributed by atoms with Crippen molar-refractivity contribution in [3.05, 3.63) is 59.6 Å². The van der Waals surface area contributed by atoms with Crippen molar-refractivity contribution in [2.45, 2.75) is 6.92 Å². The van der Waals surface area contributed by atoms with Crippen LogP contribution in [0.3, 0.4) is 0 Å². The molecule has 4 amide bonds. The third-order valence-electron chi connectivity index (χ3n) is 6.01. The highest BCUT2D eigenvalue weighted by Crippen LogP contribution is 2.34. The number of hydrogen-bond acceptors (Lipinski definition) is 7. The summed E-state index contributed by atoms with van der Waals surface area (Å²) in [6.45, 7) is 7.21. The molecule has 13 heteroatoms. The highest BCUT2D eigenvalue weighted by Gasteiger charge is 2.22. The van der Waals surface area contributed by atoms with Crippen LogP contribution in [0.2, 0.25) is 0 Å². The first-order chi connectivity index (χ1) is 18.7. The topological polar surface area (TPSA) is 129 Å². The summed E-state index contributed by atoms with van der Waals surface area (Å²) in [5.74, 6) is -0.283. The van der Waals surface area contributed by atoms with Gasteiger partial charge in [-0.15, -0.1) is 0 Å². The Bertz CT molecular complexity index is 1410. The molecule has 1 aromatic heterocycles. The second-order valence-corrected chi connectivity index (χ2v) is 9.52. The van der Waals surface area contributed by atoms with Crippen molar-refractivity contribution in [2.24, 2.45) is 0 Å². The maximum atomic E-state index is 14.4. The molecular weight excluding hydrogens is 573 g/mol. The second-order valence-electron chi connectivity index (χ2n) is 8.60. The van der Waals surface area contributed by atoms with E-state index in [0.717, 1.165) is 6.08 Å². The van der Waals surface area contributed by atoms with Gasteiger partial charge in [-0.2, -0.15) is 0 Å². The van der Waals surface area contributed by atoms with Crippen molar-refractivity contribution >= 4 is 61.9 Å². The molecule has 2 heterocycles. The van der Waals surface area contributed by atoms with E-state index in [2.05, 4.69) is 48.4 Å². The molecule has 204 valence electrons. The molecule has 0 bridgehead atoms.